The number of carbonyl (C=O) groups is 1. The quantitative estimate of drug-likeness (QED) is 0.665. The molecule has 0 saturated carbocycles. The van der Waals surface area contributed by atoms with Gasteiger partial charge in [-0.3, -0.25) is 4.79 Å². The number of hydrogen-bond acceptors (Lipinski definition) is 2. The summed E-state index contributed by atoms with van der Waals surface area (Å²) in [6, 6.07) is 8.21. The van der Waals surface area contributed by atoms with E-state index in [-0.39, 0.29) is 5.78 Å². The Hall–Kier alpha value is -0.760. The Labute approximate surface area is 77.2 Å². The van der Waals surface area contributed by atoms with E-state index in [1.165, 1.54) is 5.56 Å². The minimum absolute atomic E-state index is 0.223. The second kappa shape index (κ2) is 4.31. The van der Waals surface area contributed by atoms with Gasteiger partial charge in [-0.05, 0) is 26.0 Å². The van der Waals surface area contributed by atoms with Gasteiger partial charge in [0.2, 0.25) is 0 Å². The molecule has 0 unspecified atom stereocenters. The van der Waals surface area contributed by atoms with E-state index in [0.717, 1.165) is 4.90 Å². The number of ketones is 1. The number of carbonyl (C=O) groups excluding carboxylic acids is 1. The fourth-order valence-corrected chi connectivity index (χ4v) is 1.52. The lowest BCUT2D eigenvalue weighted by Gasteiger charge is -1.98. The van der Waals surface area contributed by atoms with Crippen LogP contribution in [0.4, 0.5) is 0 Å². The molecule has 0 N–H and O–H groups in total. The first kappa shape index (κ1) is 9.33. The number of Topliss-reactive ketones (excluding diaryl/α,β-unsaturated/α-hetero) is 1. The van der Waals surface area contributed by atoms with Crippen LogP contribution in [0.3, 0.4) is 0 Å². The van der Waals surface area contributed by atoms with Crippen molar-refractivity contribution in [3.05, 3.63) is 29.8 Å². The standard InChI is InChI=1S/C10H12OS/c1-8-3-5-10(6-4-8)12-7-9(2)11/h3-6H,7H2,1-2H3. The summed E-state index contributed by atoms with van der Waals surface area (Å²) in [5, 5.41) is 0. The number of aryl methyl sites for hydroxylation is 1. The van der Waals surface area contributed by atoms with Gasteiger partial charge in [0.1, 0.15) is 5.78 Å². The first-order chi connectivity index (χ1) is 5.68. The molecule has 0 amide bonds. The summed E-state index contributed by atoms with van der Waals surface area (Å²) >= 11 is 1.59. The molecule has 1 aromatic rings. The molecule has 1 rings (SSSR count). The van der Waals surface area contributed by atoms with Gasteiger partial charge in [-0.15, -0.1) is 11.8 Å². The van der Waals surface area contributed by atoms with E-state index >= 15 is 0 Å². The average molecular weight is 180 g/mol. The highest BCUT2D eigenvalue weighted by Crippen LogP contribution is 2.17. The maximum absolute atomic E-state index is 10.7. The van der Waals surface area contributed by atoms with Gasteiger partial charge in [-0.25, -0.2) is 0 Å². The van der Waals surface area contributed by atoms with Crippen LogP contribution < -0.4 is 0 Å². The molecule has 0 aromatic heterocycles. The van der Waals surface area contributed by atoms with E-state index < -0.39 is 0 Å². The summed E-state index contributed by atoms with van der Waals surface area (Å²) in [5.41, 5.74) is 1.25. The van der Waals surface area contributed by atoms with Crippen LogP contribution in [-0.4, -0.2) is 11.5 Å². The van der Waals surface area contributed by atoms with E-state index in [0.29, 0.717) is 5.75 Å². The fourth-order valence-electron chi connectivity index (χ4n) is 0.819. The molecule has 0 fully saturated rings. The largest absolute Gasteiger partial charge is 0.299 e. The van der Waals surface area contributed by atoms with Crippen LogP contribution in [0, 0.1) is 6.92 Å². The summed E-state index contributed by atoms with van der Waals surface area (Å²) in [4.78, 5) is 11.8. The molecule has 0 atom stereocenters. The molecule has 0 aliphatic carbocycles. The molecule has 0 bridgehead atoms. The average Bonchev–Trinajstić information content (AvgIpc) is 2.03. The highest BCUT2D eigenvalue weighted by molar-refractivity contribution is 8.00. The summed E-state index contributed by atoms with van der Waals surface area (Å²) < 4.78 is 0. The fraction of sp³-hybridized carbons (Fsp3) is 0.300. The summed E-state index contributed by atoms with van der Waals surface area (Å²) in [6.45, 7) is 3.67. The van der Waals surface area contributed by atoms with E-state index in [9.17, 15) is 4.79 Å². The van der Waals surface area contributed by atoms with Crippen LogP contribution in [-0.2, 0) is 4.79 Å². The first-order valence-electron chi connectivity index (χ1n) is 3.87. The van der Waals surface area contributed by atoms with Gasteiger partial charge >= 0.3 is 0 Å². The minimum Gasteiger partial charge on any atom is -0.299 e. The molecule has 0 spiro atoms. The van der Waals surface area contributed by atoms with Gasteiger partial charge < -0.3 is 0 Å². The Bertz CT molecular complexity index is 264. The molecule has 0 heterocycles. The minimum atomic E-state index is 0.223. The molecule has 0 radical (unpaired) electrons. The Balaban J connectivity index is 2.53. The molecule has 0 aliphatic rings. The maximum atomic E-state index is 10.7. The topological polar surface area (TPSA) is 17.1 Å². The van der Waals surface area contributed by atoms with E-state index in [1.54, 1.807) is 18.7 Å². The summed E-state index contributed by atoms with van der Waals surface area (Å²) in [6.07, 6.45) is 0. The molecular weight excluding hydrogens is 168 g/mol. The number of thioether (sulfide) groups is 1. The van der Waals surface area contributed by atoms with Crippen LogP contribution >= 0.6 is 11.8 Å². The van der Waals surface area contributed by atoms with Gasteiger partial charge in [0, 0.05) is 4.90 Å². The smallest absolute Gasteiger partial charge is 0.140 e. The van der Waals surface area contributed by atoms with Crippen molar-refractivity contribution in [3.63, 3.8) is 0 Å². The third-order valence-corrected chi connectivity index (χ3v) is 2.62. The second-order valence-corrected chi connectivity index (χ2v) is 3.85. The van der Waals surface area contributed by atoms with Gasteiger partial charge in [0.05, 0.1) is 5.75 Å². The molecule has 2 heteroatoms. The maximum Gasteiger partial charge on any atom is 0.140 e. The van der Waals surface area contributed by atoms with E-state index in [1.807, 2.05) is 12.1 Å². The monoisotopic (exact) mass is 180 g/mol. The SMILES string of the molecule is CC(=O)CSc1ccc(C)cc1. The Morgan fingerprint density at radius 1 is 1.33 bits per heavy atom. The van der Waals surface area contributed by atoms with Crippen molar-refractivity contribution in [2.24, 2.45) is 0 Å². The summed E-state index contributed by atoms with van der Waals surface area (Å²) in [7, 11) is 0. The van der Waals surface area contributed by atoms with Crippen LogP contribution in [0.15, 0.2) is 29.2 Å². The Morgan fingerprint density at radius 2 is 1.92 bits per heavy atom. The predicted octanol–water partition coefficient (Wildman–Crippen LogP) is 2.68. The van der Waals surface area contributed by atoms with Crippen LogP contribution in [0.5, 0.6) is 0 Å². The molecule has 12 heavy (non-hydrogen) atoms. The lowest BCUT2D eigenvalue weighted by Crippen LogP contribution is -1.92. The lowest BCUT2D eigenvalue weighted by atomic mass is 10.2. The zero-order chi connectivity index (χ0) is 8.97. The number of rotatable bonds is 3. The Morgan fingerprint density at radius 3 is 2.42 bits per heavy atom. The van der Waals surface area contributed by atoms with E-state index in [2.05, 4.69) is 19.1 Å². The molecule has 1 nitrogen and oxygen atoms in total. The lowest BCUT2D eigenvalue weighted by molar-refractivity contribution is -0.114. The molecule has 0 aliphatic heterocycles. The first-order valence-corrected chi connectivity index (χ1v) is 4.86. The number of hydrogen-bond donors (Lipinski definition) is 0. The van der Waals surface area contributed by atoms with Crippen LogP contribution in [0.25, 0.3) is 0 Å². The van der Waals surface area contributed by atoms with Crippen LogP contribution in [0.1, 0.15) is 12.5 Å². The van der Waals surface area contributed by atoms with Gasteiger partial charge in [0.25, 0.3) is 0 Å². The highest BCUT2D eigenvalue weighted by atomic mass is 32.2. The summed E-state index contributed by atoms with van der Waals surface area (Å²) in [5.74, 6) is 0.795. The third kappa shape index (κ3) is 3.09. The molecule has 64 valence electrons. The van der Waals surface area contributed by atoms with Gasteiger partial charge in [0.15, 0.2) is 0 Å². The van der Waals surface area contributed by atoms with Gasteiger partial charge in [-0.1, -0.05) is 17.7 Å². The van der Waals surface area contributed by atoms with Crippen molar-refractivity contribution < 1.29 is 4.79 Å². The van der Waals surface area contributed by atoms with Gasteiger partial charge in [-0.2, -0.15) is 0 Å². The van der Waals surface area contributed by atoms with Crippen LogP contribution in [0.2, 0.25) is 0 Å². The molecule has 0 saturated heterocycles. The van der Waals surface area contributed by atoms with Crippen molar-refractivity contribution >= 4 is 17.5 Å². The van der Waals surface area contributed by atoms with E-state index in [4.69, 9.17) is 0 Å². The van der Waals surface area contributed by atoms with Crippen molar-refractivity contribution in [2.45, 2.75) is 18.7 Å². The second-order valence-electron chi connectivity index (χ2n) is 2.80. The Kier molecular flexibility index (Phi) is 3.35. The highest BCUT2D eigenvalue weighted by Gasteiger charge is 1.95. The molecule has 1 aromatic carbocycles. The zero-order valence-corrected chi connectivity index (χ0v) is 8.15. The van der Waals surface area contributed by atoms with Crippen molar-refractivity contribution in [2.75, 3.05) is 5.75 Å². The normalized spacial score (nSPS) is 9.83. The third-order valence-electron chi connectivity index (χ3n) is 1.46. The zero-order valence-electron chi connectivity index (χ0n) is 7.33. The van der Waals surface area contributed by atoms with Crippen molar-refractivity contribution in [1.82, 2.24) is 0 Å². The van der Waals surface area contributed by atoms with Crippen molar-refractivity contribution in [1.29, 1.82) is 0 Å². The predicted molar refractivity (Wildman–Crippen MR) is 52.6 cm³/mol. The molecular formula is C10H12OS. The number of benzene rings is 1. The van der Waals surface area contributed by atoms with Crippen molar-refractivity contribution in [3.8, 4) is 0 Å².